The zero-order valence-corrected chi connectivity index (χ0v) is 13.0. The molecule has 0 atom stereocenters. The van der Waals surface area contributed by atoms with Crippen LogP contribution in [0.2, 0.25) is 5.02 Å². The molecule has 2 aromatic carbocycles. The van der Waals surface area contributed by atoms with E-state index >= 15 is 0 Å². The molecule has 0 heterocycles. The Morgan fingerprint density at radius 1 is 1.10 bits per heavy atom. The molecule has 3 heteroatoms. The molecule has 0 aliphatic carbocycles. The van der Waals surface area contributed by atoms with Gasteiger partial charge in [0.2, 0.25) is 0 Å². The molecule has 0 fully saturated rings. The second kappa shape index (κ2) is 6.78. The lowest BCUT2D eigenvalue weighted by atomic mass is 10.1. The van der Waals surface area contributed by atoms with E-state index in [9.17, 15) is 0 Å². The van der Waals surface area contributed by atoms with Gasteiger partial charge in [-0.05, 0) is 29.8 Å². The number of para-hydroxylation sites is 1. The molecule has 0 bridgehead atoms. The van der Waals surface area contributed by atoms with E-state index in [2.05, 4.69) is 48.3 Å². The van der Waals surface area contributed by atoms with Gasteiger partial charge in [-0.3, -0.25) is 0 Å². The summed E-state index contributed by atoms with van der Waals surface area (Å²) in [6, 6.07) is 16.9. The van der Waals surface area contributed by atoms with Gasteiger partial charge in [-0.25, -0.2) is 0 Å². The topological polar surface area (TPSA) is 15.3 Å². The Morgan fingerprint density at radius 2 is 1.80 bits per heavy atom. The molecule has 1 N–H and O–H groups in total. The largest absolute Gasteiger partial charge is 0.343 e. The Bertz CT molecular complexity index is 552. The van der Waals surface area contributed by atoms with Gasteiger partial charge in [0.05, 0.1) is 10.7 Å². The average molecular weight is 289 g/mol. The average Bonchev–Trinajstić information content (AvgIpc) is 2.45. The first-order chi connectivity index (χ1) is 9.58. The Labute approximate surface area is 126 Å². The number of nitrogens with one attached hydrogen (secondary N) is 1. The van der Waals surface area contributed by atoms with Crippen molar-refractivity contribution in [2.45, 2.75) is 26.4 Å². The van der Waals surface area contributed by atoms with Crippen LogP contribution in [0.3, 0.4) is 0 Å². The van der Waals surface area contributed by atoms with Crippen LogP contribution in [-0.2, 0) is 6.54 Å². The lowest BCUT2D eigenvalue weighted by Crippen LogP contribution is -2.21. The number of rotatable bonds is 5. The normalized spacial score (nSPS) is 10.8. The standard InChI is InChI=1S/C17H21ClN2/c1-13(2)19-12-14-9-10-17(16(18)11-14)20(3)15-7-5-4-6-8-15/h4-11,13,19H,12H2,1-3H3. The molecule has 0 aliphatic heterocycles. The maximum atomic E-state index is 6.42. The molecule has 2 aromatic rings. The molecule has 0 aliphatic rings. The zero-order chi connectivity index (χ0) is 14.5. The fraction of sp³-hybridized carbons (Fsp3) is 0.294. The van der Waals surface area contributed by atoms with Crippen LogP contribution >= 0.6 is 11.6 Å². The molecular weight excluding hydrogens is 268 g/mol. The van der Waals surface area contributed by atoms with Gasteiger partial charge in [-0.1, -0.05) is 49.7 Å². The van der Waals surface area contributed by atoms with Gasteiger partial charge in [-0.15, -0.1) is 0 Å². The fourth-order valence-corrected chi connectivity index (χ4v) is 2.37. The Hall–Kier alpha value is -1.51. The second-order valence-corrected chi connectivity index (χ2v) is 5.62. The summed E-state index contributed by atoms with van der Waals surface area (Å²) in [5.74, 6) is 0. The van der Waals surface area contributed by atoms with E-state index in [0.717, 1.165) is 22.9 Å². The first-order valence-corrected chi connectivity index (χ1v) is 7.26. The SMILES string of the molecule is CC(C)NCc1ccc(N(C)c2ccccc2)c(Cl)c1. The van der Waals surface area contributed by atoms with Crippen LogP contribution in [0.5, 0.6) is 0 Å². The third-order valence-electron chi connectivity index (χ3n) is 3.23. The third kappa shape index (κ3) is 3.75. The van der Waals surface area contributed by atoms with E-state index in [1.807, 2.05) is 31.3 Å². The molecular formula is C17H21ClN2. The monoisotopic (exact) mass is 288 g/mol. The quantitative estimate of drug-likeness (QED) is 0.864. The molecule has 0 aromatic heterocycles. The third-order valence-corrected chi connectivity index (χ3v) is 3.53. The van der Waals surface area contributed by atoms with Crippen LogP contribution in [0, 0.1) is 0 Å². The summed E-state index contributed by atoms with van der Waals surface area (Å²) in [6.45, 7) is 5.12. The van der Waals surface area contributed by atoms with Gasteiger partial charge in [0, 0.05) is 25.3 Å². The van der Waals surface area contributed by atoms with Gasteiger partial charge < -0.3 is 10.2 Å². The highest BCUT2D eigenvalue weighted by Crippen LogP contribution is 2.31. The zero-order valence-electron chi connectivity index (χ0n) is 12.2. The molecule has 0 saturated carbocycles. The predicted octanol–water partition coefficient (Wildman–Crippen LogP) is 4.61. The fourth-order valence-electron chi connectivity index (χ4n) is 2.05. The van der Waals surface area contributed by atoms with Crippen molar-refractivity contribution in [3.05, 3.63) is 59.1 Å². The number of halogens is 1. The molecule has 0 saturated heterocycles. The first-order valence-electron chi connectivity index (χ1n) is 6.88. The lowest BCUT2D eigenvalue weighted by molar-refractivity contribution is 0.589. The molecule has 106 valence electrons. The van der Waals surface area contributed by atoms with E-state index in [4.69, 9.17) is 11.6 Å². The summed E-state index contributed by atoms with van der Waals surface area (Å²) < 4.78 is 0. The van der Waals surface area contributed by atoms with Gasteiger partial charge in [0.1, 0.15) is 0 Å². The second-order valence-electron chi connectivity index (χ2n) is 5.22. The molecule has 0 radical (unpaired) electrons. The number of nitrogens with zero attached hydrogens (tertiary/aromatic N) is 1. The maximum Gasteiger partial charge on any atom is 0.0646 e. The Kier molecular flexibility index (Phi) is 5.05. The molecule has 20 heavy (non-hydrogen) atoms. The van der Waals surface area contributed by atoms with Gasteiger partial charge >= 0.3 is 0 Å². The van der Waals surface area contributed by atoms with Gasteiger partial charge in [0.15, 0.2) is 0 Å². The number of benzene rings is 2. The van der Waals surface area contributed by atoms with Crippen LogP contribution in [0.15, 0.2) is 48.5 Å². The summed E-state index contributed by atoms with van der Waals surface area (Å²) in [5.41, 5.74) is 3.35. The Morgan fingerprint density at radius 3 is 2.40 bits per heavy atom. The summed E-state index contributed by atoms with van der Waals surface area (Å²) in [5, 5.41) is 4.17. The number of anilines is 2. The summed E-state index contributed by atoms with van der Waals surface area (Å²) >= 11 is 6.42. The molecule has 2 rings (SSSR count). The lowest BCUT2D eigenvalue weighted by Gasteiger charge is -2.21. The van der Waals surface area contributed by atoms with Crippen molar-refractivity contribution in [2.75, 3.05) is 11.9 Å². The summed E-state index contributed by atoms with van der Waals surface area (Å²) in [4.78, 5) is 2.10. The van der Waals surface area contributed by atoms with Crippen molar-refractivity contribution in [2.24, 2.45) is 0 Å². The highest BCUT2D eigenvalue weighted by Gasteiger charge is 2.08. The van der Waals surface area contributed by atoms with Crippen LogP contribution in [0.4, 0.5) is 11.4 Å². The molecule has 0 amide bonds. The van der Waals surface area contributed by atoms with E-state index in [0.29, 0.717) is 6.04 Å². The molecule has 2 nitrogen and oxygen atoms in total. The number of hydrogen-bond acceptors (Lipinski definition) is 2. The summed E-state index contributed by atoms with van der Waals surface area (Å²) in [7, 11) is 2.03. The summed E-state index contributed by atoms with van der Waals surface area (Å²) in [6.07, 6.45) is 0. The van der Waals surface area contributed by atoms with Crippen LogP contribution in [0.25, 0.3) is 0 Å². The number of hydrogen-bond donors (Lipinski definition) is 1. The smallest absolute Gasteiger partial charge is 0.0646 e. The minimum atomic E-state index is 0.473. The highest BCUT2D eigenvalue weighted by atomic mass is 35.5. The van der Waals surface area contributed by atoms with Crippen LogP contribution < -0.4 is 10.2 Å². The van der Waals surface area contributed by atoms with E-state index in [-0.39, 0.29) is 0 Å². The van der Waals surface area contributed by atoms with E-state index in [1.54, 1.807) is 0 Å². The predicted molar refractivity (Wildman–Crippen MR) is 87.9 cm³/mol. The van der Waals surface area contributed by atoms with E-state index in [1.165, 1.54) is 5.56 Å². The van der Waals surface area contributed by atoms with Crippen molar-refractivity contribution in [1.29, 1.82) is 0 Å². The first kappa shape index (κ1) is 14.9. The van der Waals surface area contributed by atoms with Gasteiger partial charge in [0.25, 0.3) is 0 Å². The molecule has 0 spiro atoms. The Balaban J connectivity index is 2.17. The van der Waals surface area contributed by atoms with Crippen molar-refractivity contribution >= 4 is 23.0 Å². The van der Waals surface area contributed by atoms with Crippen molar-refractivity contribution < 1.29 is 0 Å². The molecule has 0 unspecified atom stereocenters. The van der Waals surface area contributed by atoms with E-state index < -0.39 is 0 Å². The van der Waals surface area contributed by atoms with Crippen molar-refractivity contribution in [3.63, 3.8) is 0 Å². The minimum Gasteiger partial charge on any atom is -0.343 e. The van der Waals surface area contributed by atoms with Crippen molar-refractivity contribution in [3.8, 4) is 0 Å². The maximum absolute atomic E-state index is 6.42. The highest BCUT2D eigenvalue weighted by molar-refractivity contribution is 6.33. The van der Waals surface area contributed by atoms with Crippen LogP contribution in [0.1, 0.15) is 19.4 Å². The van der Waals surface area contributed by atoms with Crippen LogP contribution in [-0.4, -0.2) is 13.1 Å². The van der Waals surface area contributed by atoms with Crippen molar-refractivity contribution in [1.82, 2.24) is 5.32 Å². The minimum absolute atomic E-state index is 0.473. The van der Waals surface area contributed by atoms with Gasteiger partial charge in [-0.2, -0.15) is 0 Å².